The number of ketones is 1. The van der Waals surface area contributed by atoms with Crippen molar-refractivity contribution in [2.75, 3.05) is 0 Å². The van der Waals surface area contributed by atoms with Crippen LogP contribution in [0.5, 0.6) is 0 Å². The largest absolute Gasteiger partial charge is 0.293 e. The Balaban J connectivity index is 1.93. The van der Waals surface area contributed by atoms with Crippen LogP contribution in [0.25, 0.3) is 10.1 Å². The van der Waals surface area contributed by atoms with E-state index in [2.05, 4.69) is 5.10 Å². The van der Waals surface area contributed by atoms with E-state index in [0.717, 1.165) is 26.4 Å². The average Bonchev–Trinajstić information content (AvgIpc) is 2.95. The molecule has 3 aromatic rings. The zero-order valence-corrected chi connectivity index (χ0v) is 12.8. The first-order valence-electron chi connectivity index (χ1n) is 6.26. The number of halogens is 1. The van der Waals surface area contributed by atoms with E-state index in [4.69, 9.17) is 11.6 Å². The van der Waals surface area contributed by atoms with E-state index < -0.39 is 0 Å². The van der Waals surface area contributed by atoms with Crippen molar-refractivity contribution in [1.82, 2.24) is 9.78 Å². The lowest BCUT2D eigenvalue weighted by atomic mass is 10.1. The van der Waals surface area contributed by atoms with Gasteiger partial charge in [0.05, 0.1) is 27.7 Å². The molecular formula is C15H13ClN2OS. The van der Waals surface area contributed by atoms with Gasteiger partial charge >= 0.3 is 0 Å². The molecule has 2 aromatic heterocycles. The molecule has 3 rings (SSSR count). The summed E-state index contributed by atoms with van der Waals surface area (Å²) in [5.41, 5.74) is 1.53. The minimum absolute atomic E-state index is 0.0797. The highest BCUT2D eigenvalue weighted by atomic mass is 35.5. The number of carbonyl (C=O) groups is 1. The van der Waals surface area contributed by atoms with Gasteiger partial charge in [0.25, 0.3) is 0 Å². The fourth-order valence-electron chi connectivity index (χ4n) is 2.23. The van der Waals surface area contributed by atoms with Gasteiger partial charge in [0.2, 0.25) is 0 Å². The van der Waals surface area contributed by atoms with Crippen molar-refractivity contribution in [2.45, 2.75) is 13.3 Å². The number of aromatic nitrogens is 2. The van der Waals surface area contributed by atoms with E-state index in [9.17, 15) is 4.79 Å². The van der Waals surface area contributed by atoms with Gasteiger partial charge < -0.3 is 0 Å². The molecule has 102 valence electrons. The van der Waals surface area contributed by atoms with Crippen LogP contribution < -0.4 is 0 Å². The zero-order valence-electron chi connectivity index (χ0n) is 11.2. The van der Waals surface area contributed by atoms with E-state index in [1.807, 2.05) is 44.3 Å². The van der Waals surface area contributed by atoms with E-state index >= 15 is 0 Å². The molecule has 0 aliphatic carbocycles. The molecule has 0 atom stereocenters. The van der Waals surface area contributed by atoms with Crippen molar-refractivity contribution in [3.05, 3.63) is 51.6 Å². The number of carbonyl (C=O) groups excluding carboxylic acids is 1. The number of aryl methyl sites for hydroxylation is 2. The molecule has 3 nitrogen and oxygen atoms in total. The van der Waals surface area contributed by atoms with Crippen LogP contribution in [0.3, 0.4) is 0 Å². The van der Waals surface area contributed by atoms with Crippen LogP contribution >= 0.6 is 22.9 Å². The Morgan fingerprint density at radius 1 is 1.40 bits per heavy atom. The first-order valence-corrected chi connectivity index (χ1v) is 7.45. The zero-order chi connectivity index (χ0) is 14.3. The van der Waals surface area contributed by atoms with E-state index in [1.165, 1.54) is 11.3 Å². The SMILES string of the molecule is Cc1nn(C)c(CC(=O)c2cc3ccccc3s2)c1Cl. The van der Waals surface area contributed by atoms with E-state index in [-0.39, 0.29) is 12.2 Å². The van der Waals surface area contributed by atoms with Crippen LogP contribution in [-0.2, 0) is 13.5 Å². The lowest BCUT2D eigenvalue weighted by Crippen LogP contribution is -2.06. The van der Waals surface area contributed by atoms with Crippen LogP contribution in [0.2, 0.25) is 5.02 Å². The van der Waals surface area contributed by atoms with Gasteiger partial charge in [0, 0.05) is 11.7 Å². The van der Waals surface area contributed by atoms with Gasteiger partial charge in [-0.15, -0.1) is 11.3 Å². The molecular weight excluding hydrogens is 292 g/mol. The average molecular weight is 305 g/mol. The van der Waals surface area contributed by atoms with Crippen LogP contribution in [-0.4, -0.2) is 15.6 Å². The predicted molar refractivity (Wildman–Crippen MR) is 82.8 cm³/mol. The molecule has 0 spiro atoms. The second kappa shape index (κ2) is 5.04. The predicted octanol–water partition coefficient (Wildman–Crippen LogP) is 4.02. The number of Topliss-reactive ketones (excluding diaryl/α,β-unsaturated/α-hetero) is 1. The summed E-state index contributed by atoms with van der Waals surface area (Å²) < 4.78 is 2.81. The number of benzene rings is 1. The normalized spacial score (nSPS) is 11.2. The van der Waals surface area contributed by atoms with Gasteiger partial charge in [-0.2, -0.15) is 5.10 Å². The third kappa shape index (κ3) is 2.25. The first kappa shape index (κ1) is 13.3. The van der Waals surface area contributed by atoms with E-state index in [1.54, 1.807) is 4.68 Å². The molecule has 2 heterocycles. The summed E-state index contributed by atoms with van der Waals surface area (Å²) in [5.74, 6) is 0.0797. The molecule has 0 saturated carbocycles. The molecule has 20 heavy (non-hydrogen) atoms. The lowest BCUT2D eigenvalue weighted by Gasteiger charge is -2.00. The topological polar surface area (TPSA) is 34.9 Å². The van der Waals surface area contributed by atoms with Crippen molar-refractivity contribution in [2.24, 2.45) is 7.05 Å². The highest BCUT2D eigenvalue weighted by Crippen LogP contribution is 2.27. The highest BCUT2D eigenvalue weighted by molar-refractivity contribution is 7.20. The number of thiophene rings is 1. The van der Waals surface area contributed by atoms with Crippen LogP contribution in [0, 0.1) is 6.92 Å². The van der Waals surface area contributed by atoms with Gasteiger partial charge in [-0.25, -0.2) is 0 Å². The van der Waals surface area contributed by atoms with Crippen molar-refractivity contribution >= 4 is 38.8 Å². The molecule has 0 fully saturated rings. The number of nitrogens with zero attached hydrogens (tertiary/aromatic N) is 2. The molecule has 0 unspecified atom stereocenters. The minimum atomic E-state index is 0.0797. The number of fused-ring (bicyclic) bond motifs is 1. The second-order valence-corrected chi connectivity index (χ2v) is 6.18. The molecule has 0 aliphatic rings. The Morgan fingerprint density at radius 3 is 2.80 bits per heavy atom. The van der Waals surface area contributed by atoms with Gasteiger partial charge in [-0.3, -0.25) is 9.48 Å². The molecule has 0 amide bonds. The van der Waals surface area contributed by atoms with Crippen LogP contribution in [0.4, 0.5) is 0 Å². The third-order valence-corrected chi connectivity index (χ3v) is 4.94. The second-order valence-electron chi connectivity index (χ2n) is 4.72. The maximum atomic E-state index is 12.4. The lowest BCUT2D eigenvalue weighted by molar-refractivity contribution is 0.0994. The van der Waals surface area contributed by atoms with Crippen molar-refractivity contribution in [1.29, 1.82) is 0 Å². The van der Waals surface area contributed by atoms with Gasteiger partial charge in [0.1, 0.15) is 0 Å². The fraction of sp³-hybridized carbons (Fsp3) is 0.200. The van der Waals surface area contributed by atoms with Crippen molar-refractivity contribution < 1.29 is 4.79 Å². The van der Waals surface area contributed by atoms with Crippen LogP contribution in [0.15, 0.2) is 30.3 Å². The maximum absolute atomic E-state index is 12.4. The first-order chi connectivity index (χ1) is 9.56. The van der Waals surface area contributed by atoms with Crippen LogP contribution in [0.1, 0.15) is 21.1 Å². The smallest absolute Gasteiger partial charge is 0.178 e. The molecule has 0 bridgehead atoms. The van der Waals surface area contributed by atoms with Gasteiger partial charge in [0.15, 0.2) is 5.78 Å². The summed E-state index contributed by atoms with van der Waals surface area (Å²) in [6.07, 6.45) is 0.281. The molecule has 0 aliphatic heterocycles. The van der Waals surface area contributed by atoms with Crippen molar-refractivity contribution in [3.63, 3.8) is 0 Å². The Bertz CT molecular complexity index is 770. The van der Waals surface area contributed by atoms with E-state index in [0.29, 0.717) is 5.02 Å². The monoisotopic (exact) mass is 304 g/mol. The minimum Gasteiger partial charge on any atom is -0.293 e. The number of hydrogen-bond donors (Lipinski definition) is 0. The molecule has 0 radical (unpaired) electrons. The molecule has 0 N–H and O–H groups in total. The summed E-state index contributed by atoms with van der Waals surface area (Å²) in [6, 6.07) is 9.94. The summed E-state index contributed by atoms with van der Waals surface area (Å²) in [4.78, 5) is 13.2. The number of rotatable bonds is 3. The fourth-order valence-corrected chi connectivity index (χ4v) is 3.46. The molecule has 5 heteroatoms. The standard InChI is InChI=1S/C15H13ClN2OS/c1-9-15(16)11(18(2)17-9)8-12(19)14-7-10-5-3-4-6-13(10)20-14/h3-7H,8H2,1-2H3. The number of hydrogen-bond acceptors (Lipinski definition) is 3. The Morgan fingerprint density at radius 2 is 2.15 bits per heavy atom. The maximum Gasteiger partial charge on any atom is 0.178 e. The Kier molecular flexibility index (Phi) is 3.36. The van der Waals surface area contributed by atoms with Gasteiger partial charge in [-0.1, -0.05) is 29.8 Å². The van der Waals surface area contributed by atoms with Crippen molar-refractivity contribution in [3.8, 4) is 0 Å². The summed E-state index contributed by atoms with van der Waals surface area (Å²) in [7, 11) is 1.81. The molecule has 1 aromatic carbocycles. The van der Waals surface area contributed by atoms with Gasteiger partial charge in [-0.05, 0) is 24.4 Å². The summed E-state index contributed by atoms with van der Waals surface area (Å²) in [5, 5.41) is 5.93. The quantitative estimate of drug-likeness (QED) is 0.685. The third-order valence-electron chi connectivity index (χ3n) is 3.29. The molecule has 0 saturated heterocycles. The highest BCUT2D eigenvalue weighted by Gasteiger charge is 2.17. The Labute approximate surface area is 125 Å². The summed E-state index contributed by atoms with van der Waals surface area (Å²) >= 11 is 7.71. The summed E-state index contributed by atoms with van der Waals surface area (Å²) in [6.45, 7) is 1.84. The Hall–Kier alpha value is -1.65.